The van der Waals surface area contributed by atoms with Gasteiger partial charge < -0.3 is 15.0 Å². The van der Waals surface area contributed by atoms with Crippen molar-refractivity contribution in [2.75, 3.05) is 30.0 Å². The summed E-state index contributed by atoms with van der Waals surface area (Å²) in [5.41, 5.74) is 6.85. The zero-order chi connectivity index (χ0) is 37.5. The molecule has 1 saturated carbocycles. The van der Waals surface area contributed by atoms with Crippen LogP contribution in [0.4, 0.5) is 11.4 Å². The molecule has 2 fully saturated rings. The fourth-order valence-electron chi connectivity index (χ4n) is 7.81. The van der Waals surface area contributed by atoms with Crippen LogP contribution in [0.3, 0.4) is 0 Å². The van der Waals surface area contributed by atoms with E-state index in [-0.39, 0.29) is 17.6 Å². The van der Waals surface area contributed by atoms with Crippen LogP contribution in [0, 0.1) is 31.1 Å². The van der Waals surface area contributed by atoms with E-state index < -0.39 is 0 Å². The number of nitrogens with one attached hydrogen (secondary N) is 1. The first-order valence-corrected chi connectivity index (χ1v) is 20.1. The number of benzene rings is 2. The Balaban J connectivity index is 0.000000417. The predicted octanol–water partition coefficient (Wildman–Crippen LogP) is 10.8. The Labute approximate surface area is 318 Å². The molecule has 2 aliphatic heterocycles. The van der Waals surface area contributed by atoms with Crippen LogP contribution in [0.25, 0.3) is 11.6 Å². The van der Waals surface area contributed by atoms with Crippen LogP contribution >= 0.6 is 11.3 Å². The minimum absolute atomic E-state index is 0.101. The van der Waals surface area contributed by atoms with Crippen LogP contribution in [-0.4, -0.2) is 42.3 Å². The van der Waals surface area contributed by atoms with Gasteiger partial charge in [-0.05, 0) is 135 Å². The second kappa shape index (κ2) is 17.2. The number of hydrogen-bond acceptors (Lipinski definition) is 6. The Morgan fingerprint density at radius 3 is 2.36 bits per heavy atom. The zero-order valence-corrected chi connectivity index (χ0v) is 32.7. The minimum Gasteiger partial charge on any atom is -0.381 e. The van der Waals surface area contributed by atoms with Crippen molar-refractivity contribution in [3.05, 3.63) is 111 Å². The van der Waals surface area contributed by atoms with Crippen molar-refractivity contribution in [2.45, 2.75) is 86.0 Å². The van der Waals surface area contributed by atoms with Gasteiger partial charge in [0, 0.05) is 54.2 Å². The maximum atomic E-state index is 13.8. The highest BCUT2D eigenvalue weighted by atomic mass is 32.1. The lowest BCUT2D eigenvalue weighted by atomic mass is 9.74. The summed E-state index contributed by atoms with van der Waals surface area (Å²) in [6.45, 7) is 13.0. The molecule has 1 N–H and O–H groups in total. The molecule has 7 rings (SSSR count). The van der Waals surface area contributed by atoms with Crippen molar-refractivity contribution < 1.29 is 19.1 Å². The Bertz CT molecular complexity index is 1940. The van der Waals surface area contributed by atoms with Gasteiger partial charge in [0.1, 0.15) is 0 Å². The summed E-state index contributed by atoms with van der Waals surface area (Å²) >= 11 is 1.56. The summed E-state index contributed by atoms with van der Waals surface area (Å²) in [5.74, 6) is 1.17. The number of aryl methyl sites for hydroxylation is 2. The van der Waals surface area contributed by atoms with Crippen LogP contribution in [-0.2, 0) is 4.74 Å². The van der Waals surface area contributed by atoms with E-state index in [1.807, 2.05) is 55.1 Å². The summed E-state index contributed by atoms with van der Waals surface area (Å²) in [4.78, 5) is 47.6. The number of pyridine rings is 1. The molecule has 0 radical (unpaired) electrons. The molecule has 278 valence electrons. The van der Waals surface area contributed by atoms with Crippen molar-refractivity contribution in [3.63, 3.8) is 0 Å². The monoisotopic (exact) mass is 731 g/mol. The quantitative estimate of drug-likeness (QED) is 0.173. The maximum Gasteiger partial charge on any atom is 0.258 e. The number of rotatable bonds is 9. The molecule has 1 saturated heterocycles. The number of fused-ring (bicyclic) bond motifs is 1. The number of para-hydroxylation sites is 1. The number of amides is 2. The predicted molar refractivity (Wildman–Crippen MR) is 217 cm³/mol. The summed E-state index contributed by atoms with van der Waals surface area (Å²) in [6, 6.07) is 20.8. The van der Waals surface area contributed by atoms with E-state index in [0.29, 0.717) is 53.2 Å². The van der Waals surface area contributed by atoms with Crippen LogP contribution in [0.2, 0.25) is 0 Å². The summed E-state index contributed by atoms with van der Waals surface area (Å²) in [6.07, 6.45) is 12.7. The number of carbonyl (C=O) groups is 3. The normalized spacial score (nSPS) is 19.0. The average Bonchev–Trinajstić information content (AvgIpc) is 3.58. The van der Waals surface area contributed by atoms with Gasteiger partial charge in [-0.2, -0.15) is 0 Å². The molecule has 0 unspecified atom stereocenters. The number of hydrogen-bond donors (Lipinski definition) is 1. The first kappa shape index (κ1) is 38.3. The number of ketones is 1. The minimum atomic E-state index is -0.233. The molecule has 0 bridgehead atoms. The topological polar surface area (TPSA) is 88.6 Å². The first-order chi connectivity index (χ1) is 25.6. The molecular weight excluding hydrogens is 679 g/mol. The molecule has 53 heavy (non-hydrogen) atoms. The highest BCUT2D eigenvalue weighted by molar-refractivity contribution is 7.15. The highest BCUT2D eigenvalue weighted by Gasteiger charge is 2.29. The Morgan fingerprint density at radius 2 is 1.68 bits per heavy atom. The largest absolute Gasteiger partial charge is 0.381 e. The average molecular weight is 732 g/mol. The lowest BCUT2D eigenvalue weighted by Crippen LogP contribution is -2.32. The van der Waals surface area contributed by atoms with Crippen LogP contribution in [0.5, 0.6) is 0 Å². The van der Waals surface area contributed by atoms with Crippen molar-refractivity contribution in [2.24, 2.45) is 17.3 Å². The van der Waals surface area contributed by atoms with E-state index in [1.54, 1.807) is 41.8 Å². The van der Waals surface area contributed by atoms with Crippen molar-refractivity contribution in [1.82, 2.24) is 4.98 Å². The number of ether oxygens (including phenoxy) is 1. The molecule has 8 heteroatoms. The van der Waals surface area contributed by atoms with Gasteiger partial charge in [-0.25, -0.2) is 0 Å². The fraction of sp³-hybridized carbons (Fsp3) is 0.422. The Morgan fingerprint density at radius 1 is 0.962 bits per heavy atom. The third-order valence-corrected chi connectivity index (χ3v) is 12.7. The molecule has 4 heterocycles. The van der Waals surface area contributed by atoms with Crippen molar-refractivity contribution in [1.29, 1.82) is 0 Å². The van der Waals surface area contributed by atoms with Crippen molar-refractivity contribution >= 4 is 52.0 Å². The fourth-order valence-corrected chi connectivity index (χ4v) is 8.81. The molecular formula is C45H53N3O4S. The van der Waals surface area contributed by atoms with Gasteiger partial charge in [0.2, 0.25) is 0 Å². The molecule has 0 atom stereocenters. The Hall–Kier alpha value is -4.40. The Kier molecular flexibility index (Phi) is 12.4. The molecule has 0 spiro atoms. The molecule has 2 aromatic heterocycles. The zero-order valence-electron chi connectivity index (χ0n) is 31.9. The summed E-state index contributed by atoms with van der Waals surface area (Å²) in [7, 11) is 0. The number of aromatic nitrogens is 1. The van der Waals surface area contributed by atoms with E-state index in [9.17, 15) is 14.4 Å². The van der Waals surface area contributed by atoms with E-state index in [4.69, 9.17) is 4.74 Å². The summed E-state index contributed by atoms with van der Waals surface area (Å²) in [5, 5.41) is 2.92. The van der Waals surface area contributed by atoms with Crippen LogP contribution in [0.1, 0.15) is 124 Å². The van der Waals surface area contributed by atoms with Gasteiger partial charge in [-0.15, -0.1) is 11.3 Å². The lowest BCUT2D eigenvalue weighted by molar-refractivity contribution is 0.0105. The van der Waals surface area contributed by atoms with E-state index in [1.165, 1.54) is 25.7 Å². The van der Waals surface area contributed by atoms with E-state index in [2.05, 4.69) is 43.2 Å². The van der Waals surface area contributed by atoms with E-state index >= 15 is 0 Å². The third-order valence-electron chi connectivity index (χ3n) is 11.5. The highest BCUT2D eigenvalue weighted by Crippen LogP contribution is 2.39. The SMILES string of the molecule is CCC1(CC)CCOCC1.Cc1cnc(C)c(C(=O)Nc2ccc(C(=O)N3CCC(c4ccc(C(=O)CC5CC(C)C5)s4)=Cc4ccccc43)cc2)c1. The molecule has 7 nitrogen and oxygen atoms in total. The number of carbonyl (C=O) groups excluding carboxylic acids is 3. The second-order valence-corrected chi connectivity index (χ2v) is 16.2. The van der Waals surface area contributed by atoms with Gasteiger partial charge in [-0.3, -0.25) is 19.4 Å². The van der Waals surface area contributed by atoms with Gasteiger partial charge in [0.05, 0.1) is 16.1 Å². The standard InChI is InChI=1S/C36H35N3O3S.C9H18O/c1-22-16-25(17-22)19-32(40)34-13-12-33(43-34)28-14-15-39(31-7-5-4-6-27(31)20-28)36(42)26-8-10-29(11-9-26)38-35(41)30-18-23(2)21-37-24(30)3;1-3-9(4-2)5-7-10-8-6-9/h4-13,18,20-22,25H,14-17,19H2,1-3H3,(H,38,41);3-8H2,1-2H3. The van der Waals surface area contributed by atoms with Gasteiger partial charge in [0.25, 0.3) is 11.8 Å². The lowest BCUT2D eigenvalue weighted by Gasteiger charge is -2.35. The smallest absolute Gasteiger partial charge is 0.258 e. The second-order valence-electron chi connectivity index (χ2n) is 15.2. The molecule has 2 aromatic carbocycles. The number of anilines is 2. The first-order valence-electron chi connectivity index (χ1n) is 19.3. The molecule has 3 aliphatic rings. The summed E-state index contributed by atoms with van der Waals surface area (Å²) < 4.78 is 5.33. The number of Topliss-reactive ketones (excluding diaryl/α,β-unsaturated/α-hetero) is 1. The molecule has 2 amide bonds. The molecule has 4 aromatic rings. The maximum absolute atomic E-state index is 13.8. The van der Waals surface area contributed by atoms with E-state index in [0.717, 1.165) is 64.1 Å². The van der Waals surface area contributed by atoms with Crippen molar-refractivity contribution in [3.8, 4) is 0 Å². The number of thiophene rings is 1. The third kappa shape index (κ3) is 9.22. The number of nitrogens with zero attached hydrogens (tertiary/aromatic N) is 2. The van der Waals surface area contributed by atoms with Crippen LogP contribution < -0.4 is 10.2 Å². The molecule has 1 aliphatic carbocycles. The van der Waals surface area contributed by atoms with Gasteiger partial charge in [0.15, 0.2) is 5.78 Å². The van der Waals surface area contributed by atoms with Gasteiger partial charge >= 0.3 is 0 Å². The van der Waals surface area contributed by atoms with Crippen LogP contribution in [0.15, 0.2) is 72.9 Å². The van der Waals surface area contributed by atoms with Gasteiger partial charge in [-0.1, -0.05) is 51.8 Å².